The standard InChI is InChI=1S/C14H27ClO2Si/c1-5-10-18(15,11-6-2)12-8-7-9-17-14(16)13(3)4/h3,5-12H2,1-2,4H3. The molecule has 0 aromatic carbocycles. The van der Waals surface area contributed by atoms with Crippen LogP contribution in [0.4, 0.5) is 0 Å². The van der Waals surface area contributed by atoms with Crippen molar-refractivity contribution >= 4 is 24.4 Å². The summed E-state index contributed by atoms with van der Waals surface area (Å²) in [6.45, 7) is 10.1. The summed E-state index contributed by atoms with van der Waals surface area (Å²) in [5.41, 5.74) is 0.466. The highest BCUT2D eigenvalue weighted by molar-refractivity contribution is 7.20. The fraction of sp³-hybridized carbons (Fsp3) is 0.786. The highest BCUT2D eigenvalue weighted by Gasteiger charge is 2.27. The third-order valence-corrected chi connectivity index (χ3v) is 8.74. The van der Waals surface area contributed by atoms with Crippen molar-refractivity contribution < 1.29 is 9.53 Å². The molecule has 0 radical (unpaired) electrons. The van der Waals surface area contributed by atoms with Crippen molar-refractivity contribution in [1.82, 2.24) is 0 Å². The van der Waals surface area contributed by atoms with Crippen molar-refractivity contribution in [3.05, 3.63) is 12.2 Å². The quantitative estimate of drug-likeness (QED) is 0.188. The first-order chi connectivity index (χ1) is 8.45. The molecule has 0 aromatic heterocycles. The van der Waals surface area contributed by atoms with Gasteiger partial charge in [-0.05, 0) is 31.5 Å². The Kier molecular flexibility index (Phi) is 9.47. The smallest absolute Gasteiger partial charge is 0.333 e. The van der Waals surface area contributed by atoms with E-state index in [4.69, 9.17) is 15.8 Å². The lowest BCUT2D eigenvalue weighted by molar-refractivity contribution is -0.139. The summed E-state index contributed by atoms with van der Waals surface area (Å²) < 4.78 is 5.07. The molecule has 0 rings (SSSR count). The third kappa shape index (κ3) is 7.93. The molecule has 0 aliphatic rings. The van der Waals surface area contributed by atoms with Crippen LogP contribution in [0.25, 0.3) is 0 Å². The summed E-state index contributed by atoms with van der Waals surface area (Å²) in [7, 11) is -1.53. The highest BCUT2D eigenvalue weighted by atomic mass is 35.6. The number of unbranched alkanes of at least 4 members (excludes halogenated alkanes) is 1. The van der Waals surface area contributed by atoms with Gasteiger partial charge < -0.3 is 4.74 Å². The Bertz CT molecular complexity index is 261. The molecule has 0 bridgehead atoms. The van der Waals surface area contributed by atoms with E-state index in [1.807, 2.05) is 0 Å². The number of halogens is 1. The number of carbonyl (C=O) groups excluding carboxylic acids is 1. The Morgan fingerprint density at radius 3 is 2.17 bits per heavy atom. The van der Waals surface area contributed by atoms with Gasteiger partial charge in [-0.1, -0.05) is 39.7 Å². The van der Waals surface area contributed by atoms with Gasteiger partial charge in [0, 0.05) is 5.57 Å². The average Bonchev–Trinajstić information content (AvgIpc) is 2.28. The first-order valence-corrected chi connectivity index (χ1v) is 10.6. The molecule has 0 saturated carbocycles. The van der Waals surface area contributed by atoms with E-state index in [1.54, 1.807) is 6.92 Å². The minimum absolute atomic E-state index is 0.286. The topological polar surface area (TPSA) is 26.3 Å². The molecule has 0 N–H and O–H groups in total. The SMILES string of the molecule is C=C(C)C(=O)OCCCC[Si](Cl)(CCC)CCC. The zero-order valence-corrected chi connectivity index (χ0v) is 13.8. The predicted molar refractivity (Wildman–Crippen MR) is 81.6 cm³/mol. The van der Waals surface area contributed by atoms with Gasteiger partial charge in [0.05, 0.1) is 6.61 Å². The van der Waals surface area contributed by atoms with Crippen LogP contribution in [0.15, 0.2) is 12.2 Å². The van der Waals surface area contributed by atoms with E-state index in [0.29, 0.717) is 12.2 Å². The second-order valence-corrected chi connectivity index (χ2v) is 11.2. The Hall–Kier alpha value is -0.283. The molecule has 0 atom stereocenters. The fourth-order valence-electron chi connectivity index (χ4n) is 2.10. The maximum Gasteiger partial charge on any atom is 0.333 e. The molecular weight excluding hydrogens is 264 g/mol. The van der Waals surface area contributed by atoms with Gasteiger partial charge in [-0.25, -0.2) is 4.79 Å². The van der Waals surface area contributed by atoms with Crippen LogP contribution in [0.2, 0.25) is 18.1 Å². The van der Waals surface area contributed by atoms with Crippen molar-refractivity contribution in [2.24, 2.45) is 0 Å². The summed E-state index contributed by atoms with van der Waals surface area (Å²) in [5, 5.41) is 0. The number of rotatable bonds is 10. The summed E-state index contributed by atoms with van der Waals surface area (Å²) in [6.07, 6.45) is 4.34. The Morgan fingerprint density at radius 1 is 1.17 bits per heavy atom. The number of hydrogen-bond donors (Lipinski definition) is 0. The Morgan fingerprint density at radius 2 is 1.72 bits per heavy atom. The van der Waals surface area contributed by atoms with Crippen LogP contribution < -0.4 is 0 Å². The molecule has 18 heavy (non-hydrogen) atoms. The number of carbonyl (C=O) groups is 1. The van der Waals surface area contributed by atoms with Crippen molar-refractivity contribution in [2.75, 3.05) is 6.61 Å². The second-order valence-electron chi connectivity index (χ2n) is 5.02. The number of hydrogen-bond acceptors (Lipinski definition) is 2. The van der Waals surface area contributed by atoms with Gasteiger partial charge in [-0.2, -0.15) is 11.1 Å². The van der Waals surface area contributed by atoms with Gasteiger partial charge in [0.2, 0.25) is 0 Å². The van der Waals surface area contributed by atoms with Crippen molar-refractivity contribution in [3.8, 4) is 0 Å². The van der Waals surface area contributed by atoms with E-state index >= 15 is 0 Å². The molecular formula is C14H27ClO2Si. The zero-order valence-electron chi connectivity index (χ0n) is 12.1. The van der Waals surface area contributed by atoms with Crippen molar-refractivity contribution in [1.29, 1.82) is 0 Å². The minimum Gasteiger partial charge on any atom is -0.462 e. The van der Waals surface area contributed by atoms with Crippen LogP contribution in [0, 0.1) is 0 Å². The molecule has 0 saturated heterocycles. The molecule has 0 heterocycles. The van der Waals surface area contributed by atoms with Gasteiger partial charge in [-0.3, -0.25) is 0 Å². The molecule has 4 heteroatoms. The molecule has 0 aromatic rings. The second kappa shape index (κ2) is 9.62. The molecule has 0 aliphatic heterocycles. The van der Waals surface area contributed by atoms with Crippen LogP contribution in [0.5, 0.6) is 0 Å². The molecule has 0 aliphatic carbocycles. The predicted octanol–water partition coefficient (Wildman–Crippen LogP) is 4.89. The van der Waals surface area contributed by atoms with Crippen LogP contribution in [-0.4, -0.2) is 20.0 Å². The van der Waals surface area contributed by atoms with Crippen LogP contribution in [0.3, 0.4) is 0 Å². The average molecular weight is 291 g/mol. The normalized spacial score (nSPS) is 11.3. The Balaban J connectivity index is 3.80. The van der Waals surface area contributed by atoms with Crippen molar-refractivity contribution in [2.45, 2.75) is 64.6 Å². The van der Waals surface area contributed by atoms with E-state index in [0.717, 1.165) is 18.9 Å². The summed E-state index contributed by atoms with van der Waals surface area (Å²) in [4.78, 5) is 11.2. The summed E-state index contributed by atoms with van der Waals surface area (Å²) in [5.74, 6) is -0.286. The van der Waals surface area contributed by atoms with E-state index in [1.165, 1.54) is 24.9 Å². The molecule has 0 fully saturated rings. The zero-order chi connectivity index (χ0) is 14.0. The summed E-state index contributed by atoms with van der Waals surface area (Å²) in [6, 6.07) is 3.54. The van der Waals surface area contributed by atoms with Gasteiger partial charge >= 0.3 is 5.97 Å². The van der Waals surface area contributed by atoms with Gasteiger partial charge in [0.1, 0.15) is 0 Å². The van der Waals surface area contributed by atoms with E-state index < -0.39 is 7.38 Å². The van der Waals surface area contributed by atoms with Crippen LogP contribution in [0.1, 0.15) is 46.5 Å². The maximum atomic E-state index is 11.2. The fourth-order valence-corrected chi connectivity index (χ4v) is 7.06. The van der Waals surface area contributed by atoms with Crippen LogP contribution in [-0.2, 0) is 9.53 Å². The van der Waals surface area contributed by atoms with Gasteiger partial charge in [0.25, 0.3) is 0 Å². The molecule has 0 unspecified atom stereocenters. The van der Waals surface area contributed by atoms with Crippen LogP contribution >= 0.6 is 11.1 Å². The molecule has 0 amide bonds. The van der Waals surface area contributed by atoms with Gasteiger partial charge in [0.15, 0.2) is 7.38 Å². The summed E-state index contributed by atoms with van der Waals surface area (Å²) >= 11 is 6.75. The van der Waals surface area contributed by atoms with Crippen molar-refractivity contribution in [3.63, 3.8) is 0 Å². The highest BCUT2D eigenvalue weighted by Crippen LogP contribution is 2.30. The van der Waals surface area contributed by atoms with E-state index in [2.05, 4.69) is 20.4 Å². The van der Waals surface area contributed by atoms with E-state index in [9.17, 15) is 4.79 Å². The Labute approximate surface area is 117 Å². The minimum atomic E-state index is -1.53. The first kappa shape index (κ1) is 17.7. The largest absolute Gasteiger partial charge is 0.462 e. The molecule has 106 valence electrons. The number of esters is 1. The third-order valence-electron chi connectivity index (χ3n) is 3.00. The maximum absolute atomic E-state index is 11.2. The monoisotopic (exact) mass is 290 g/mol. The number of ether oxygens (including phenoxy) is 1. The molecule has 2 nitrogen and oxygen atoms in total. The van der Waals surface area contributed by atoms with E-state index in [-0.39, 0.29) is 5.97 Å². The van der Waals surface area contributed by atoms with Gasteiger partial charge in [-0.15, -0.1) is 0 Å². The molecule has 0 spiro atoms. The lowest BCUT2D eigenvalue weighted by atomic mass is 10.3. The lowest BCUT2D eigenvalue weighted by Crippen LogP contribution is -2.26. The lowest BCUT2D eigenvalue weighted by Gasteiger charge is -2.23. The first-order valence-electron chi connectivity index (χ1n) is 6.96.